The van der Waals surface area contributed by atoms with E-state index in [9.17, 15) is 4.79 Å². The average Bonchev–Trinajstić information content (AvgIpc) is 3.17. The SMILES string of the molecule is O=c1c2cnc3c(-c4ccccc4)cnn3c2ccn1Cc1ccccc1Cl. The van der Waals surface area contributed by atoms with Crippen LogP contribution in [-0.4, -0.2) is 19.2 Å². The molecule has 6 heteroatoms. The second-order valence-corrected chi connectivity index (χ2v) is 6.96. The third-order valence-corrected chi connectivity index (χ3v) is 5.22. The van der Waals surface area contributed by atoms with Gasteiger partial charge < -0.3 is 4.57 Å². The van der Waals surface area contributed by atoms with E-state index in [2.05, 4.69) is 10.1 Å². The molecule has 136 valence electrons. The van der Waals surface area contributed by atoms with Crippen LogP contribution in [-0.2, 0) is 6.54 Å². The first-order valence-electron chi connectivity index (χ1n) is 8.87. The maximum Gasteiger partial charge on any atom is 0.261 e. The zero-order valence-electron chi connectivity index (χ0n) is 14.8. The van der Waals surface area contributed by atoms with Gasteiger partial charge in [-0.05, 0) is 23.3 Å². The molecule has 5 rings (SSSR count). The summed E-state index contributed by atoms with van der Waals surface area (Å²) in [4.78, 5) is 17.5. The van der Waals surface area contributed by atoms with E-state index in [1.807, 2.05) is 60.7 Å². The summed E-state index contributed by atoms with van der Waals surface area (Å²) in [6.45, 7) is 0.404. The molecule has 28 heavy (non-hydrogen) atoms. The van der Waals surface area contributed by atoms with Gasteiger partial charge in [-0.15, -0.1) is 0 Å². The monoisotopic (exact) mass is 386 g/mol. The van der Waals surface area contributed by atoms with Gasteiger partial charge in [-0.3, -0.25) is 4.79 Å². The van der Waals surface area contributed by atoms with Gasteiger partial charge >= 0.3 is 0 Å². The van der Waals surface area contributed by atoms with Crippen LogP contribution in [0.15, 0.2) is 84.0 Å². The Labute approximate surface area is 165 Å². The molecule has 0 aliphatic carbocycles. The molecule has 5 nitrogen and oxygen atoms in total. The van der Waals surface area contributed by atoms with E-state index in [1.165, 1.54) is 0 Å². The number of halogens is 1. The van der Waals surface area contributed by atoms with Crippen LogP contribution in [0, 0.1) is 0 Å². The number of hydrogen-bond acceptors (Lipinski definition) is 3. The zero-order valence-corrected chi connectivity index (χ0v) is 15.5. The summed E-state index contributed by atoms with van der Waals surface area (Å²) in [6, 6.07) is 19.4. The highest BCUT2D eigenvalue weighted by Gasteiger charge is 2.13. The lowest BCUT2D eigenvalue weighted by atomic mass is 10.1. The van der Waals surface area contributed by atoms with Crippen molar-refractivity contribution >= 4 is 28.2 Å². The Bertz CT molecular complexity index is 1370. The first-order chi connectivity index (χ1) is 13.7. The minimum Gasteiger partial charge on any atom is -0.310 e. The highest BCUT2D eigenvalue weighted by molar-refractivity contribution is 6.31. The Kier molecular flexibility index (Phi) is 3.95. The molecule has 0 fully saturated rings. The van der Waals surface area contributed by atoms with Gasteiger partial charge in [-0.2, -0.15) is 5.10 Å². The molecule has 0 atom stereocenters. The molecule has 0 amide bonds. The first kappa shape index (κ1) is 16.7. The van der Waals surface area contributed by atoms with Crippen LogP contribution in [0.5, 0.6) is 0 Å². The van der Waals surface area contributed by atoms with E-state index in [-0.39, 0.29) is 5.56 Å². The van der Waals surface area contributed by atoms with Crippen molar-refractivity contribution in [2.24, 2.45) is 0 Å². The summed E-state index contributed by atoms with van der Waals surface area (Å²) < 4.78 is 3.36. The molecule has 0 aliphatic rings. The lowest BCUT2D eigenvalue weighted by molar-refractivity contribution is 0.765. The molecule has 0 unspecified atom stereocenters. The van der Waals surface area contributed by atoms with Gasteiger partial charge in [0.2, 0.25) is 0 Å². The fraction of sp³-hybridized carbons (Fsp3) is 0.0455. The molecule has 3 aromatic heterocycles. The first-order valence-corrected chi connectivity index (χ1v) is 9.25. The number of fused-ring (bicyclic) bond motifs is 3. The third-order valence-electron chi connectivity index (χ3n) is 4.85. The molecule has 2 aromatic carbocycles. The van der Waals surface area contributed by atoms with Gasteiger partial charge in [0.25, 0.3) is 5.56 Å². The molecule has 0 N–H and O–H groups in total. The molecular formula is C22H15ClN4O. The number of nitrogens with zero attached hydrogens (tertiary/aromatic N) is 4. The second kappa shape index (κ2) is 6.62. The van der Waals surface area contributed by atoms with E-state index in [0.717, 1.165) is 27.9 Å². The Hall–Kier alpha value is -3.44. The molecule has 0 saturated carbocycles. The number of rotatable bonds is 3. The van der Waals surface area contributed by atoms with Gasteiger partial charge in [0.05, 0.1) is 23.6 Å². The molecule has 0 aliphatic heterocycles. The number of hydrogen-bond donors (Lipinski definition) is 0. The maximum absolute atomic E-state index is 13.0. The summed E-state index contributed by atoms with van der Waals surface area (Å²) in [5.74, 6) is 0. The highest BCUT2D eigenvalue weighted by Crippen LogP contribution is 2.24. The number of aromatic nitrogens is 4. The van der Waals surface area contributed by atoms with Crippen molar-refractivity contribution in [1.29, 1.82) is 0 Å². The molecule has 0 saturated heterocycles. The normalized spacial score (nSPS) is 11.3. The quantitative estimate of drug-likeness (QED) is 0.461. The van der Waals surface area contributed by atoms with E-state index in [0.29, 0.717) is 17.0 Å². The fourth-order valence-corrected chi connectivity index (χ4v) is 3.61. The minimum absolute atomic E-state index is 0.122. The second-order valence-electron chi connectivity index (χ2n) is 6.56. The third kappa shape index (κ3) is 2.68. The van der Waals surface area contributed by atoms with E-state index in [4.69, 9.17) is 11.6 Å². The molecule has 0 bridgehead atoms. The summed E-state index contributed by atoms with van der Waals surface area (Å²) in [5, 5.41) is 5.64. The molecule has 0 spiro atoms. The number of pyridine rings is 1. The van der Waals surface area contributed by atoms with Crippen molar-refractivity contribution in [2.75, 3.05) is 0 Å². The molecular weight excluding hydrogens is 372 g/mol. The molecule has 3 heterocycles. The predicted molar refractivity (Wildman–Crippen MR) is 111 cm³/mol. The van der Waals surface area contributed by atoms with E-state index >= 15 is 0 Å². The lowest BCUT2D eigenvalue weighted by Crippen LogP contribution is -2.21. The van der Waals surface area contributed by atoms with Crippen LogP contribution in [0.3, 0.4) is 0 Å². The van der Waals surface area contributed by atoms with Crippen molar-refractivity contribution < 1.29 is 0 Å². The summed E-state index contributed by atoms with van der Waals surface area (Å²) >= 11 is 6.24. The van der Waals surface area contributed by atoms with Crippen LogP contribution in [0.2, 0.25) is 5.02 Å². The Morgan fingerprint density at radius 2 is 1.71 bits per heavy atom. The van der Waals surface area contributed by atoms with E-state index in [1.54, 1.807) is 27.7 Å². The van der Waals surface area contributed by atoms with Crippen molar-refractivity contribution in [2.45, 2.75) is 6.54 Å². The molecule has 0 radical (unpaired) electrons. The fourth-order valence-electron chi connectivity index (χ4n) is 3.41. The van der Waals surface area contributed by atoms with Crippen molar-refractivity contribution in [3.8, 4) is 11.1 Å². The lowest BCUT2D eigenvalue weighted by Gasteiger charge is -2.09. The van der Waals surface area contributed by atoms with Crippen molar-refractivity contribution in [3.63, 3.8) is 0 Å². The number of benzene rings is 2. The van der Waals surface area contributed by atoms with Gasteiger partial charge in [-0.25, -0.2) is 9.50 Å². The van der Waals surface area contributed by atoms with Crippen molar-refractivity contribution in [1.82, 2.24) is 19.2 Å². The van der Waals surface area contributed by atoms with Gasteiger partial charge in [-0.1, -0.05) is 60.1 Å². The Morgan fingerprint density at radius 1 is 0.929 bits per heavy atom. The van der Waals surface area contributed by atoms with Crippen LogP contribution < -0.4 is 5.56 Å². The van der Waals surface area contributed by atoms with Gasteiger partial charge in [0.15, 0.2) is 5.65 Å². The van der Waals surface area contributed by atoms with Crippen LogP contribution in [0.25, 0.3) is 27.7 Å². The van der Waals surface area contributed by atoms with Gasteiger partial charge in [0.1, 0.15) is 0 Å². The highest BCUT2D eigenvalue weighted by atomic mass is 35.5. The summed E-state index contributed by atoms with van der Waals surface area (Å²) in [5.41, 5.74) is 4.20. The topological polar surface area (TPSA) is 52.2 Å². The van der Waals surface area contributed by atoms with Crippen LogP contribution in [0.1, 0.15) is 5.56 Å². The Morgan fingerprint density at radius 3 is 2.54 bits per heavy atom. The maximum atomic E-state index is 13.0. The minimum atomic E-state index is -0.122. The average molecular weight is 387 g/mol. The standard InChI is InChI=1S/C22H15ClN4O/c23-19-9-5-4-8-16(19)14-26-11-10-20-18(22(26)28)12-24-21-17(13-25-27(20)21)15-6-2-1-3-7-15/h1-13H,14H2. The Balaban J connectivity index is 1.65. The van der Waals surface area contributed by atoms with Crippen LogP contribution in [0.4, 0.5) is 0 Å². The van der Waals surface area contributed by atoms with Gasteiger partial charge in [0, 0.05) is 23.0 Å². The summed E-state index contributed by atoms with van der Waals surface area (Å²) in [6.07, 6.45) is 5.19. The summed E-state index contributed by atoms with van der Waals surface area (Å²) in [7, 11) is 0. The smallest absolute Gasteiger partial charge is 0.261 e. The predicted octanol–water partition coefficient (Wildman–Crippen LogP) is 4.41. The zero-order chi connectivity index (χ0) is 19.1. The van der Waals surface area contributed by atoms with Crippen LogP contribution >= 0.6 is 11.6 Å². The largest absolute Gasteiger partial charge is 0.310 e. The van der Waals surface area contributed by atoms with E-state index < -0.39 is 0 Å². The van der Waals surface area contributed by atoms with Crippen molar-refractivity contribution in [3.05, 3.63) is 100 Å². The molecule has 5 aromatic rings.